The maximum atomic E-state index is 5.84. The van der Waals surface area contributed by atoms with Gasteiger partial charge >= 0.3 is 0 Å². The second kappa shape index (κ2) is 7.43. The van der Waals surface area contributed by atoms with E-state index in [1.54, 1.807) is 23.1 Å². The summed E-state index contributed by atoms with van der Waals surface area (Å²) in [6, 6.07) is 14.0. The predicted octanol–water partition coefficient (Wildman–Crippen LogP) is 4.93. The fraction of sp³-hybridized carbons (Fsp3) is 0.222. The third kappa shape index (κ3) is 3.30. The molecular formula is C18H17N5OS2. The monoisotopic (exact) mass is 383 g/mol. The summed E-state index contributed by atoms with van der Waals surface area (Å²) in [7, 11) is 0. The van der Waals surface area contributed by atoms with Crippen LogP contribution in [0.3, 0.4) is 0 Å². The second-order valence-electron chi connectivity index (χ2n) is 5.60. The molecule has 0 aliphatic rings. The summed E-state index contributed by atoms with van der Waals surface area (Å²) in [5.41, 5.74) is 1.05. The van der Waals surface area contributed by atoms with Crippen LogP contribution in [-0.2, 0) is 6.54 Å². The summed E-state index contributed by atoms with van der Waals surface area (Å²) in [5, 5.41) is 19.9. The first-order valence-corrected chi connectivity index (χ1v) is 10.0. The highest BCUT2D eigenvalue weighted by Gasteiger charge is 2.21. The Morgan fingerprint density at radius 3 is 2.65 bits per heavy atom. The van der Waals surface area contributed by atoms with Gasteiger partial charge in [0.2, 0.25) is 5.89 Å². The highest BCUT2D eigenvalue weighted by Crippen LogP contribution is 2.36. The Bertz CT molecular complexity index is 978. The smallest absolute Gasteiger partial charge is 0.257 e. The van der Waals surface area contributed by atoms with E-state index in [1.807, 2.05) is 54.8 Å². The third-order valence-electron chi connectivity index (χ3n) is 3.87. The fourth-order valence-corrected chi connectivity index (χ4v) is 4.16. The van der Waals surface area contributed by atoms with Crippen molar-refractivity contribution in [3.8, 4) is 22.2 Å². The molecule has 0 aliphatic heterocycles. The van der Waals surface area contributed by atoms with E-state index in [0.29, 0.717) is 11.8 Å². The lowest BCUT2D eigenvalue weighted by Gasteiger charge is -2.09. The van der Waals surface area contributed by atoms with Crippen LogP contribution >= 0.6 is 23.1 Å². The van der Waals surface area contributed by atoms with Gasteiger partial charge in [0, 0.05) is 12.1 Å². The molecule has 0 saturated heterocycles. The molecule has 1 atom stereocenters. The molecule has 0 spiro atoms. The van der Waals surface area contributed by atoms with Gasteiger partial charge in [0.05, 0.1) is 10.1 Å². The molecule has 8 heteroatoms. The van der Waals surface area contributed by atoms with E-state index in [2.05, 4.69) is 31.9 Å². The summed E-state index contributed by atoms with van der Waals surface area (Å²) in [6.45, 7) is 4.91. The topological polar surface area (TPSA) is 69.6 Å². The molecule has 0 saturated carbocycles. The number of nitrogens with zero attached hydrogens (tertiary/aromatic N) is 5. The van der Waals surface area contributed by atoms with Gasteiger partial charge in [-0.25, -0.2) is 0 Å². The van der Waals surface area contributed by atoms with Crippen molar-refractivity contribution in [1.82, 2.24) is 25.0 Å². The third-order valence-corrected chi connectivity index (χ3v) is 5.79. The van der Waals surface area contributed by atoms with E-state index in [4.69, 9.17) is 4.42 Å². The minimum absolute atomic E-state index is 0.0191. The van der Waals surface area contributed by atoms with E-state index in [-0.39, 0.29) is 5.25 Å². The molecule has 0 radical (unpaired) electrons. The van der Waals surface area contributed by atoms with Crippen LogP contribution in [0.25, 0.3) is 22.2 Å². The summed E-state index contributed by atoms with van der Waals surface area (Å²) in [4.78, 5) is 0.976. The molecule has 3 heterocycles. The Hall–Kier alpha value is -2.45. The van der Waals surface area contributed by atoms with Crippen molar-refractivity contribution >= 4 is 23.1 Å². The fourth-order valence-electron chi connectivity index (χ4n) is 2.57. The average Bonchev–Trinajstić information content (AvgIpc) is 3.42. The van der Waals surface area contributed by atoms with E-state index in [9.17, 15) is 0 Å². The second-order valence-corrected chi connectivity index (χ2v) is 7.85. The van der Waals surface area contributed by atoms with Crippen LogP contribution in [0.1, 0.15) is 25.0 Å². The van der Waals surface area contributed by atoms with Crippen LogP contribution in [0.4, 0.5) is 0 Å². The minimum atomic E-state index is -0.0191. The van der Waals surface area contributed by atoms with Gasteiger partial charge < -0.3 is 8.98 Å². The van der Waals surface area contributed by atoms with Crippen molar-refractivity contribution in [3.63, 3.8) is 0 Å². The molecule has 3 aromatic heterocycles. The van der Waals surface area contributed by atoms with Crippen LogP contribution < -0.4 is 0 Å². The number of thioether (sulfide) groups is 1. The van der Waals surface area contributed by atoms with Crippen molar-refractivity contribution in [2.45, 2.75) is 30.8 Å². The Labute approximate surface area is 159 Å². The van der Waals surface area contributed by atoms with E-state index in [1.165, 1.54) is 0 Å². The molecule has 1 aromatic carbocycles. The van der Waals surface area contributed by atoms with E-state index >= 15 is 0 Å². The van der Waals surface area contributed by atoms with Gasteiger partial charge in [-0.3, -0.25) is 0 Å². The van der Waals surface area contributed by atoms with Gasteiger partial charge in [0.1, 0.15) is 0 Å². The zero-order valence-corrected chi connectivity index (χ0v) is 16.0. The number of hydrogen-bond acceptors (Lipinski definition) is 7. The first kappa shape index (κ1) is 17.0. The van der Waals surface area contributed by atoms with Crippen LogP contribution in [0.15, 0.2) is 57.4 Å². The molecular weight excluding hydrogens is 366 g/mol. The zero-order valence-electron chi connectivity index (χ0n) is 14.4. The zero-order chi connectivity index (χ0) is 17.9. The van der Waals surface area contributed by atoms with Crippen molar-refractivity contribution in [1.29, 1.82) is 0 Å². The molecule has 132 valence electrons. The molecule has 26 heavy (non-hydrogen) atoms. The summed E-state index contributed by atoms with van der Waals surface area (Å²) < 4.78 is 7.94. The lowest BCUT2D eigenvalue weighted by molar-refractivity contribution is 0.509. The number of hydrogen-bond donors (Lipinski definition) is 0. The number of rotatable bonds is 6. The van der Waals surface area contributed by atoms with Crippen molar-refractivity contribution in [2.75, 3.05) is 0 Å². The molecule has 6 nitrogen and oxygen atoms in total. The van der Waals surface area contributed by atoms with Crippen molar-refractivity contribution in [3.05, 3.63) is 53.7 Å². The van der Waals surface area contributed by atoms with Gasteiger partial charge in [-0.15, -0.1) is 31.7 Å². The van der Waals surface area contributed by atoms with E-state index in [0.717, 1.165) is 28.0 Å². The molecule has 4 rings (SSSR count). The molecule has 0 fully saturated rings. The maximum Gasteiger partial charge on any atom is 0.257 e. The van der Waals surface area contributed by atoms with Crippen LogP contribution in [0.5, 0.6) is 0 Å². The molecule has 0 bridgehead atoms. The summed E-state index contributed by atoms with van der Waals surface area (Å²) in [5.74, 6) is 2.02. The van der Waals surface area contributed by atoms with Gasteiger partial charge in [-0.1, -0.05) is 48.2 Å². The molecule has 0 aliphatic carbocycles. The number of benzene rings is 1. The van der Waals surface area contributed by atoms with Crippen LogP contribution in [-0.4, -0.2) is 25.0 Å². The van der Waals surface area contributed by atoms with Gasteiger partial charge in [-0.05, 0) is 25.3 Å². The normalized spacial score (nSPS) is 12.4. The molecule has 0 N–H and O–H groups in total. The quantitative estimate of drug-likeness (QED) is 0.440. The number of aromatic nitrogens is 5. The lowest BCUT2D eigenvalue weighted by Crippen LogP contribution is -2.01. The van der Waals surface area contributed by atoms with Gasteiger partial charge in [-0.2, -0.15) is 0 Å². The molecule has 4 aromatic rings. The maximum absolute atomic E-state index is 5.84. The highest BCUT2D eigenvalue weighted by atomic mass is 32.2. The van der Waals surface area contributed by atoms with Gasteiger partial charge in [0.25, 0.3) is 5.89 Å². The SMILES string of the molecule is CCn1c(S[C@@H](C)c2nnc(-c3cccs3)o2)nnc1-c1ccccc1. The summed E-state index contributed by atoms with van der Waals surface area (Å²) in [6.07, 6.45) is 0. The first-order valence-electron chi connectivity index (χ1n) is 8.28. The van der Waals surface area contributed by atoms with E-state index < -0.39 is 0 Å². The van der Waals surface area contributed by atoms with Crippen molar-refractivity contribution < 1.29 is 4.42 Å². The highest BCUT2D eigenvalue weighted by molar-refractivity contribution is 7.99. The van der Waals surface area contributed by atoms with Crippen molar-refractivity contribution in [2.24, 2.45) is 0 Å². The Morgan fingerprint density at radius 2 is 1.92 bits per heavy atom. The first-order chi connectivity index (χ1) is 12.8. The Kier molecular flexibility index (Phi) is 4.85. The Morgan fingerprint density at radius 1 is 1.08 bits per heavy atom. The average molecular weight is 384 g/mol. The minimum Gasteiger partial charge on any atom is -0.419 e. The largest absolute Gasteiger partial charge is 0.419 e. The predicted molar refractivity (Wildman–Crippen MR) is 103 cm³/mol. The number of thiophene rings is 1. The molecule has 0 amide bonds. The van der Waals surface area contributed by atoms with Crippen LogP contribution in [0.2, 0.25) is 0 Å². The molecule has 0 unspecified atom stereocenters. The Balaban J connectivity index is 1.57. The van der Waals surface area contributed by atoms with Gasteiger partial charge in [0.15, 0.2) is 11.0 Å². The summed E-state index contributed by atoms with van der Waals surface area (Å²) >= 11 is 3.15. The van der Waals surface area contributed by atoms with Crippen LogP contribution in [0, 0.1) is 0 Å². The standard InChI is InChI=1S/C18H17N5OS2/c1-3-23-15(13-8-5-4-6-9-13)19-22-18(23)26-12(2)16-20-21-17(24-16)14-10-7-11-25-14/h4-12H,3H2,1-2H3/t12-/m0/s1. The lowest BCUT2D eigenvalue weighted by atomic mass is 10.2.